The molecule has 0 saturated carbocycles. The summed E-state index contributed by atoms with van der Waals surface area (Å²) >= 11 is 0. The van der Waals surface area contributed by atoms with Gasteiger partial charge in [0, 0.05) is 38.3 Å². The Bertz CT molecular complexity index is 742. The third kappa shape index (κ3) is 3.68. The maximum atomic E-state index is 12.5. The average Bonchev–Trinajstić information content (AvgIpc) is 3.11. The quantitative estimate of drug-likeness (QED) is 0.855. The molecule has 6 nitrogen and oxygen atoms in total. The molecule has 6 heteroatoms. The molecule has 1 fully saturated rings. The molecule has 1 aromatic heterocycles. The molecule has 4 rings (SSSR count). The molecule has 0 bridgehead atoms. The van der Waals surface area contributed by atoms with Gasteiger partial charge in [-0.05, 0) is 29.8 Å². The van der Waals surface area contributed by atoms with Crippen LogP contribution in [-0.2, 0) is 11.2 Å². The lowest BCUT2D eigenvalue weighted by atomic mass is 10.1. The fraction of sp³-hybridized carbons (Fsp3) is 0.368. The highest BCUT2D eigenvalue weighted by Crippen LogP contribution is 2.32. The first-order chi connectivity index (χ1) is 12.3. The summed E-state index contributed by atoms with van der Waals surface area (Å²) < 4.78 is 16.6. The van der Waals surface area contributed by atoms with E-state index in [0.717, 1.165) is 48.7 Å². The van der Waals surface area contributed by atoms with Crippen molar-refractivity contribution in [3.8, 4) is 17.2 Å². The SMILES string of the molecule is O=C(Cc1ccc2c(c1)OCO2)N1CCC(Oc2ccncc2)CC1. The van der Waals surface area contributed by atoms with Crippen molar-refractivity contribution in [2.24, 2.45) is 0 Å². The highest BCUT2D eigenvalue weighted by molar-refractivity contribution is 5.79. The molecular weight excluding hydrogens is 320 g/mol. The Hall–Kier alpha value is -2.76. The molecule has 130 valence electrons. The smallest absolute Gasteiger partial charge is 0.231 e. The van der Waals surface area contributed by atoms with E-state index in [2.05, 4.69) is 4.98 Å². The molecular formula is C19H20N2O4. The van der Waals surface area contributed by atoms with E-state index in [4.69, 9.17) is 14.2 Å². The first-order valence-corrected chi connectivity index (χ1v) is 8.51. The molecule has 1 aromatic carbocycles. The molecule has 25 heavy (non-hydrogen) atoms. The molecule has 2 aromatic rings. The minimum Gasteiger partial charge on any atom is -0.490 e. The number of nitrogens with zero attached hydrogens (tertiary/aromatic N) is 2. The predicted octanol–water partition coefficient (Wildman–Crippen LogP) is 2.42. The van der Waals surface area contributed by atoms with Gasteiger partial charge in [0.15, 0.2) is 11.5 Å². The largest absolute Gasteiger partial charge is 0.490 e. The second-order valence-corrected chi connectivity index (χ2v) is 6.25. The summed E-state index contributed by atoms with van der Waals surface area (Å²) in [6.07, 6.45) is 5.66. The lowest BCUT2D eigenvalue weighted by molar-refractivity contribution is -0.132. The molecule has 0 aliphatic carbocycles. The number of fused-ring (bicyclic) bond motifs is 1. The van der Waals surface area contributed by atoms with Crippen LogP contribution in [0.15, 0.2) is 42.7 Å². The van der Waals surface area contributed by atoms with Crippen LogP contribution in [0, 0.1) is 0 Å². The van der Waals surface area contributed by atoms with Crippen LogP contribution in [0.1, 0.15) is 18.4 Å². The van der Waals surface area contributed by atoms with Crippen LogP contribution in [0.3, 0.4) is 0 Å². The zero-order chi connectivity index (χ0) is 17.1. The monoisotopic (exact) mass is 340 g/mol. The van der Waals surface area contributed by atoms with E-state index in [9.17, 15) is 4.79 Å². The van der Waals surface area contributed by atoms with E-state index in [0.29, 0.717) is 6.42 Å². The molecule has 0 N–H and O–H groups in total. The molecule has 0 radical (unpaired) electrons. The zero-order valence-corrected chi connectivity index (χ0v) is 13.9. The number of amides is 1. The van der Waals surface area contributed by atoms with Crippen LogP contribution in [0.4, 0.5) is 0 Å². The molecule has 0 unspecified atom stereocenters. The van der Waals surface area contributed by atoms with Crippen LogP contribution in [0.5, 0.6) is 17.2 Å². The maximum Gasteiger partial charge on any atom is 0.231 e. The Kier molecular flexibility index (Phi) is 4.41. The fourth-order valence-corrected chi connectivity index (χ4v) is 3.17. The number of benzene rings is 1. The van der Waals surface area contributed by atoms with Gasteiger partial charge in [0.25, 0.3) is 0 Å². The van der Waals surface area contributed by atoms with Gasteiger partial charge >= 0.3 is 0 Å². The fourth-order valence-electron chi connectivity index (χ4n) is 3.17. The van der Waals surface area contributed by atoms with Gasteiger partial charge in [0.1, 0.15) is 11.9 Å². The van der Waals surface area contributed by atoms with Crippen LogP contribution in [0.2, 0.25) is 0 Å². The van der Waals surface area contributed by atoms with Crippen molar-refractivity contribution >= 4 is 5.91 Å². The third-order valence-electron chi connectivity index (χ3n) is 4.54. The summed E-state index contributed by atoms with van der Waals surface area (Å²) in [5.74, 6) is 2.43. The first-order valence-electron chi connectivity index (χ1n) is 8.51. The summed E-state index contributed by atoms with van der Waals surface area (Å²) in [5, 5.41) is 0. The molecule has 2 aliphatic rings. The van der Waals surface area contributed by atoms with Gasteiger partial charge in [-0.1, -0.05) is 6.07 Å². The first kappa shape index (κ1) is 15.7. The summed E-state index contributed by atoms with van der Waals surface area (Å²) in [5.41, 5.74) is 0.949. The van der Waals surface area contributed by atoms with Crippen molar-refractivity contribution in [2.75, 3.05) is 19.9 Å². The normalized spacial score (nSPS) is 16.7. The molecule has 2 aliphatic heterocycles. The highest BCUT2D eigenvalue weighted by Gasteiger charge is 2.24. The van der Waals surface area contributed by atoms with Crippen LogP contribution >= 0.6 is 0 Å². The zero-order valence-electron chi connectivity index (χ0n) is 13.9. The number of hydrogen-bond donors (Lipinski definition) is 0. The molecule has 1 saturated heterocycles. The lowest BCUT2D eigenvalue weighted by Gasteiger charge is -2.32. The summed E-state index contributed by atoms with van der Waals surface area (Å²) in [4.78, 5) is 18.4. The Morgan fingerprint density at radius 3 is 2.68 bits per heavy atom. The van der Waals surface area contributed by atoms with Crippen molar-refractivity contribution in [3.63, 3.8) is 0 Å². The van der Waals surface area contributed by atoms with E-state index in [1.165, 1.54) is 0 Å². The standard InChI is InChI=1S/C19H20N2O4/c22-19(12-14-1-2-17-18(11-14)24-13-23-17)21-9-5-16(6-10-21)25-15-3-7-20-8-4-15/h1-4,7-8,11,16H,5-6,9-10,12-13H2. The van der Waals surface area contributed by atoms with Crippen molar-refractivity contribution in [1.29, 1.82) is 0 Å². The number of rotatable bonds is 4. The number of aromatic nitrogens is 1. The lowest BCUT2D eigenvalue weighted by Crippen LogP contribution is -2.42. The Labute approximate surface area is 146 Å². The van der Waals surface area contributed by atoms with Gasteiger partial charge in [-0.2, -0.15) is 0 Å². The van der Waals surface area contributed by atoms with E-state index in [1.807, 2.05) is 35.2 Å². The van der Waals surface area contributed by atoms with Crippen molar-refractivity contribution < 1.29 is 19.0 Å². The van der Waals surface area contributed by atoms with Gasteiger partial charge in [0.05, 0.1) is 6.42 Å². The third-order valence-corrected chi connectivity index (χ3v) is 4.54. The van der Waals surface area contributed by atoms with Gasteiger partial charge in [-0.15, -0.1) is 0 Å². The molecule has 0 spiro atoms. The van der Waals surface area contributed by atoms with Crippen LogP contribution in [0.25, 0.3) is 0 Å². The predicted molar refractivity (Wildman–Crippen MR) is 90.7 cm³/mol. The topological polar surface area (TPSA) is 60.9 Å². The number of pyridine rings is 1. The number of piperidine rings is 1. The summed E-state index contributed by atoms with van der Waals surface area (Å²) in [6.45, 7) is 1.69. The van der Waals surface area contributed by atoms with Crippen molar-refractivity contribution in [3.05, 3.63) is 48.3 Å². The number of carbonyl (C=O) groups is 1. The second kappa shape index (κ2) is 7.01. The van der Waals surface area contributed by atoms with Gasteiger partial charge in [-0.25, -0.2) is 0 Å². The van der Waals surface area contributed by atoms with Crippen molar-refractivity contribution in [2.45, 2.75) is 25.4 Å². The number of ether oxygens (including phenoxy) is 3. The number of hydrogen-bond acceptors (Lipinski definition) is 5. The van der Waals surface area contributed by atoms with E-state index in [-0.39, 0.29) is 18.8 Å². The van der Waals surface area contributed by atoms with Gasteiger partial charge in [-0.3, -0.25) is 9.78 Å². The Morgan fingerprint density at radius 2 is 1.88 bits per heavy atom. The molecule has 3 heterocycles. The molecule has 0 atom stereocenters. The van der Waals surface area contributed by atoms with E-state index >= 15 is 0 Å². The van der Waals surface area contributed by atoms with Gasteiger partial charge < -0.3 is 19.1 Å². The Morgan fingerprint density at radius 1 is 1.12 bits per heavy atom. The minimum absolute atomic E-state index is 0.140. The number of carbonyl (C=O) groups excluding carboxylic acids is 1. The van der Waals surface area contributed by atoms with E-state index in [1.54, 1.807) is 12.4 Å². The van der Waals surface area contributed by atoms with Gasteiger partial charge in [0.2, 0.25) is 12.7 Å². The van der Waals surface area contributed by atoms with E-state index < -0.39 is 0 Å². The van der Waals surface area contributed by atoms with Crippen LogP contribution in [-0.4, -0.2) is 41.8 Å². The van der Waals surface area contributed by atoms with Crippen LogP contribution < -0.4 is 14.2 Å². The summed E-state index contributed by atoms with van der Waals surface area (Å²) in [7, 11) is 0. The summed E-state index contributed by atoms with van der Waals surface area (Å²) in [6, 6.07) is 9.39. The Balaban J connectivity index is 1.29. The number of likely N-dealkylation sites (tertiary alicyclic amines) is 1. The van der Waals surface area contributed by atoms with Crippen molar-refractivity contribution in [1.82, 2.24) is 9.88 Å². The second-order valence-electron chi connectivity index (χ2n) is 6.25. The minimum atomic E-state index is 0.140. The highest BCUT2D eigenvalue weighted by atomic mass is 16.7. The maximum absolute atomic E-state index is 12.5. The average molecular weight is 340 g/mol. The molecule has 1 amide bonds.